The van der Waals surface area contributed by atoms with Gasteiger partial charge in [-0.2, -0.15) is 0 Å². The lowest BCUT2D eigenvalue weighted by molar-refractivity contribution is 0.0241. The van der Waals surface area contributed by atoms with Crippen LogP contribution in [0, 0.1) is 5.41 Å². The summed E-state index contributed by atoms with van der Waals surface area (Å²) in [6.45, 7) is 5.42. The molecule has 84 valence electrons. The van der Waals surface area contributed by atoms with Crippen LogP contribution >= 0.6 is 0 Å². The van der Waals surface area contributed by atoms with E-state index in [2.05, 4.69) is 50.3 Å². The standard InChI is InChI=1S/C15H18O/c1-14-8-13(12-6-4-3-5-7-12)9-15(2,10-14)16-11-14/h3-8H,9-11H2,1-2H3/t14-,15+/m1/s1. The first-order chi connectivity index (χ1) is 7.59. The molecular weight excluding hydrogens is 196 g/mol. The highest BCUT2D eigenvalue weighted by molar-refractivity contribution is 5.68. The van der Waals surface area contributed by atoms with Crippen molar-refractivity contribution in [1.29, 1.82) is 0 Å². The van der Waals surface area contributed by atoms with Gasteiger partial charge in [-0.15, -0.1) is 0 Å². The Morgan fingerprint density at radius 3 is 2.56 bits per heavy atom. The molecular formula is C15H18O. The van der Waals surface area contributed by atoms with Crippen LogP contribution in [0.3, 0.4) is 0 Å². The Labute approximate surface area is 97.1 Å². The maximum absolute atomic E-state index is 5.97. The van der Waals surface area contributed by atoms with Crippen molar-refractivity contribution >= 4 is 5.57 Å². The van der Waals surface area contributed by atoms with Gasteiger partial charge in [0.15, 0.2) is 0 Å². The second-order valence-corrected chi connectivity index (χ2v) is 5.78. The highest BCUT2D eigenvalue weighted by Crippen LogP contribution is 2.50. The molecule has 1 aliphatic carbocycles. The predicted molar refractivity (Wildman–Crippen MR) is 66.1 cm³/mol. The molecule has 1 saturated heterocycles. The molecule has 0 amide bonds. The summed E-state index contributed by atoms with van der Waals surface area (Å²) >= 11 is 0. The zero-order valence-corrected chi connectivity index (χ0v) is 9.99. The summed E-state index contributed by atoms with van der Waals surface area (Å²) in [7, 11) is 0. The molecule has 16 heavy (non-hydrogen) atoms. The van der Waals surface area contributed by atoms with E-state index < -0.39 is 0 Å². The van der Waals surface area contributed by atoms with E-state index in [1.54, 1.807) is 0 Å². The minimum absolute atomic E-state index is 0.0642. The molecule has 1 aromatic carbocycles. The van der Waals surface area contributed by atoms with Crippen LogP contribution in [-0.4, -0.2) is 12.2 Å². The first-order valence-electron chi connectivity index (χ1n) is 6.00. The van der Waals surface area contributed by atoms with Crippen molar-refractivity contribution in [2.24, 2.45) is 5.41 Å². The van der Waals surface area contributed by atoms with Gasteiger partial charge in [0, 0.05) is 11.8 Å². The van der Waals surface area contributed by atoms with Crippen LogP contribution in [0.15, 0.2) is 36.4 Å². The Kier molecular flexibility index (Phi) is 2.02. The van der Waals surface area contributed by atoms with Gasteiger partial charge in [-0.3, -0.25) is 0 Å². The summed E-state index contributed by atoms with van der Waals surface area (Å²) in [5, 5.41) is 0. The topological polar surface area (TPSA) is 9.23 Å². The normalized spacial score (nSPS) is 37.2. The molecule has 1 aromatic rings. The molecule has 0 radical (unpaired) electrons. The fourth-order valence-corrected chi connectivity index (χ4v) is 3.21. The quantitative estimate of drug-likeness (QED) is 0.693. The lowest BCUT2D eigenvalue weighted by Gasteiger charge is -2.31. The smallest absolute Gasteiger partial charge is 0.0704 e. The SMILES string of the molecule is C[C@@]12C=C(c3ccccc3)C[C@@](C)(C1)OC2. The van der Waals surface area contributed by atoms with E-state index in [1.165, 1.54) is 11.1 Å². The maximum atomic E-state index is 5.97. The van der Waals surface area contributed by atoms with Gasteiger partial charge < -0.3 is 4.74 Å². The first kappa shape index (κ1) is 10.1. The Bertz CT molecular complexity index is 434. The highest BCUT2D eigenvalue weighted by Gasteiger charge is 2.46. The van der Waals surface area contributed by atoms with E-state index in [1.807, 2.05) is 0 Å². The van der Waals surface area contributed by atoms with Crippen molar-refractivity contribution in [3.8, 4) is 0 Å². The summed E-state index contributed by atoms with van der Waals surface area (Å²) in [5.41, 5.74) is 3.12. The Hall–Kier alpha value is -1.08. The molecule has 2 bridgehead atoms. The van der Waals surface area contributed by atoms with Crippen molar-refractivity contribution in [2.45, 2.75) is 32.3 Å². The van der Waals surface area contributed by atoms with Gasteiger partial charge in [0.25, 0.3) is 0 Å². The maximum Gasteiger partial charge on any atom is 0.0704 e. The number of rotatable bonds is 1. The molecule has 0 unspecified atom stereocenters. The van der Waals surface area contributed by atoms with Gasteiger partial charge in [0.2, 0.25) is 0 Å². The van der Waals surface area contributed by atoms with Crippen molar-refractivity contribution < 1.29 is 4.74 Å². The average Bonchev–Trinajstić information content (AvgIpc) is 2.49. The second kappa shape index (κ2) is 3.21. The van der Waals surface area contributed by atoms with E-state index in [4.69, 9.17) is 4.74 Å². The van der Waals surface area contributed by atoms with Crippen LogP contribution in [0.5, 0.6) is 0 Å². The number of benzene rings is 1. The zero-order chi connectivity index (χ0) is 11.2. The molecule has 1 fully saturated rings. The third-order valence-electron chi connectivity index (χ3n) is 3.76. The lowest BCUT2D eigenvalue weighted by atomic mass is 9.73. The third kappa shape index (κ3) is 1.60. The summed E-state index contributed by atoms with van der Waals surface area (Å²) < 4.78 is 5.97. The average molecular weight is 214 g/mol. The van der Waals surface area contributed by atoms with E-state index >= 15 is 0 Å². The summed E-state index contributed by atoms with van der Waals surface area (Å²) in [6.07, 6.45) is 4.64. The van der Waals surface area contributed by atoms with Crippen molar-refractivity contribution in [1.82, 2.24) is 0 Å². The van der Waals surface area contributed by atoms with Crippen molar-refractivity contribution in [3.05, 3.63) is 42.0 Å². The number of ether oxygens (including phenoxy) is 1. The summed E-state index contributed by atoms with van der Waals surface area (Å²) in [6, 6.07) is 10.7. The Morgan fingerprint density at radius 1 is 1.12 bits per heavy atom. The van der Waals surface area contributed by atoms with Crippen LogP contribution < -0.4 is 0 Å². The minimum Gasteiger partial charge on any atom is -0.374 e. The molecule has 3 rings (SSSR count). The van der Waals surface area contributed by atoms with Gasteiger partial charge in [-0.05, 0) is 24.5 Å². The van der Waals surface area contributed by atoms with Crippen LogP contribution in [0.1, 0.15) is 32.3 Å². The number of hydrogen-bond donors (Lipinski definition) is 0. The Balaban J connectivity index is 2.02. The van der Waals surface area contributed by atoms with Gasteiger partial charge in [0.05, 0.1) is 12.2 Å². The van der Waals surface area contributed by atoms with Gasteiger partial charge in [0.1, 0.15) is 0 Å². The van der Waals surface area contributed by atoms with E-state index in [-0.39, 0.29) is 11.0 Å². The van der Waals surface area contributed by atoms with E-state index in [0.717, 1.165) is 19.4 Å². The first-order valence-corrected chi connectivity index (χ1v) is 6.00. The molecule has 1 heterocycles. The minimum atomic E-state index is 0.0642. The molecule has 0 saturated carbocycles. The fraction of sp³-hybridized carbons (Fsp3) is 0.467. The van der Waals surface area contributed by atoms with Gasteiger partial charge >= 0.3 is 0 Å². The lowest BCUT2D eigenvalue weighted by Crippen LogP contribution is -2.28. The molecule has 2 atom stereocenters. The van der Waals surface area contributed by atoms with Crippen molar-refractivity contribution in [2.75, 3.05) is 6.61 Å². The summed E-state index contributed by atoms with van der Waals surface area (Å²) in [5.74, 6) is 0. The number of hydrogen-bond acceptors (Lipinski definition) is 1. The van der Waals surface area contributed by atoms with Gasteiger partial charge in [-0.1, -0.05) is 43.3 Å². The monoisotopic (exact) mass is 214 g/mol. The van der Waals surface area contributed by atoms with Crippen LogP contribution in [0.2, 0.25) is 0 Å². The van der Waals surface area contributed by atoms with E-state index in [0.29, 0.717) is 0 Å². The molecule has 2 aliphatic rings. The summed E-state index contributed by atoms with van der Waals surface area (Å²) in [4.78, 5) is 0. The predicted octanol–water partition coefficient (Wildman–Crippen LogP) is 3.66. The largest absolute Gasteiger partial charge is 0.374 e. The molecule has 1 aliphatic heterocycles. The van der Waals surface area contributed by atoms with Gasteiger partial charge in [-0.25, -0.2) is 0 Å². The second-order valence-electron chi connectivity index (χ2n) is 5.78. The molecule has 1 nitrogen and oxygen atoms in total. The van der Waals surface area contributed by atoms with Crippen LogP contribution in [0.4, 0.5) is 0 Å². The van der Waals surface area contributed by atoms with Crippen LogP contribution in [-0.2, 0) is 4.74 Å². The molecule has 0 aromatic heterocycles. The van der Waals surface area contributed by atoms with Crippen molar-refractivity contribution in [3.63, 3.8) is 0 Å². The molecule has 0 spiro atoms. The third-order valence-corrected chi connectivity index (χ3v) is 3.76. The zero-order valence-electron chi connectivity index (χ0n) is 9.99. The molecule has 0 N–H and O–H groups in total. The van der Waals surface area contributed by atoms with E-state index in [9.17, 15) is 0 Å². The number of fused-ring (bicyclic) bond motifs is 2. The fourth-order valence-electron chi connectivity index (χ4n) is 3.21. The Morgan fingerprint density at radius 2 is 1.88 bits per heavy atom. The molecule has 1 heteroatoms. The highest BCUT2D eigenvalue weighted by atomic mass is 16.5. The van der Waals surface area contributed by atoms with Crippen LogP contribution in [0.25, 0.3) is 5.57 Å².